The van der Waals surface area contributed by atoms with Crippen LogP contribution in [0.5, 0.6) is 5.75 Å². The molecule has 1 saturated carbocycles. The van der Waals surface area contributed by atoms with Gasteiger partial charge in [-0.3, -0.25) is 14.6 Å². The van der Waals surface area contributed by atoms with Crippen LogP contribution in [0.1, 0.15) is 63.2 Å². The molecule has 14 heteroatoms. The number of aromatic nitrogens is 5. The quantitative estimate of drug-likeness (QED) is 0.252. The predicted octanol–water partition coefficient (Wildman–Crippen LogP) is 5.58. The lowest BCUT2D eigenvalue weighted by Gasteiger charge is -2.47. The second-order valence-electron chi connectivity index (χ2n) is 13.8. The average Bonchev–Trinajstić information content (AvgIpc) is 3.47. The zero-order chi connectivity index (χ0) is 34.6. The van der Waals surface area contributed by atoms with E-state index in [1.54, 1.807) is 18.3 Å². The fraction of sp³-hybridized carbons (Fsp3) is 0.486. The van der Waals surface area contributed by atoms with Crippen LogP contribution in [-0.2, 0) is 17.8 Å². The summed E-state index contributed by atoms with van der Waals surface area (Å²) in [4.78, 5) is 30.5. The molecule has 1 amide bonds. The minimum atomic E-state index is -2.56. The Kier molecular flexibility index (Phi) is 8.75. The normalized spacial score (nSPS) is 22.6. The molecule has 3 aromatic heterocycles. The van der Waals surface area contributed by atoms with Gasteiger partial charge in [-0.15, -0.1) is 0 Å². The van der Waals surface area contributed by atoms with E-state index in [1.165, 1.54) is 17.3 Å². The first-order chi connectivity index (χ1) is 23.5. The maximum absolute atomic E-state index is 13.6. The molecule has 1 saturated heterocycles. The van der Waals surface area contributed by atoms with Gasteiger partial charge in [-0.2, -0.15) is 10.4 Å². The Balaban J connectivity index is 1.29. The molecule has 1 aliphatic carbocycles. The Bertz CT molecular complexity index is 1940. The molecule has 2 fully saturated rings. The van der Waals surface area contributed by atoms with Crippen LogP contribution in [0.4, 0.5) is 14.5 Å². The van der Waals surface area contributed by atoms with E-state index in [4.69, 9.17) is 26.4 Å². The molecule has 49 heavy (non-hydrogen) atoms. The lowest BCUT2D eigenvalue weighted by atomic mass is 9.83. The number of anilines is 1. The number of hydrogen-bond acceptors (Lipinski definition) is 9. The van der Waals surface area contributed by atoms with Gasteiger partial charge in [0.1, 0.15) is 17.6 Å². The van der Waals surface area contributed by atoms with Crippen LogP contribution in [-0.4, -0.2) is 78.4 Å². The summed E-state index contributed by atoms with van der Waals surface area (Å²) < 4.78 is 35.2. The fourth-order valence-electron chi connectivity index (χ4n) is 7.38. The van der Waals surface area contributed by atoms with Crippen molar-refractivity contribution in [2.45, 2.75) is 77.1 Å². The van der Waals surface area contributed by atoms with Crippen molar-refractivity contribution in [2.75, 3.05) is 24.6 Å². The monoisotopic (exact) mass is 690 g/mol. The summed E-state index contributed by atoms with van der Waals surface area (Å²) in [6.07, 6.45) is 4.66. The van der Waals surface area contributed by atoms with Crippen LogP contribution in [0.15, 0.2) is 36.8 Å². The van der Waals surface area contributed by atoms with E-state index in [9.17, 15) is 23.9 Å². The van der Waals surface area contributed by atoms with Crippen molar-refractivity contribution < 1.29 is 23.4 Å². The number of aliphatic hydroxyl groups excluding tert-OH is 1. The summed E-state index contributed by atoms with van der Waals surface area (Å²) in [6.45, 7) is 7.17. The Morgan fingerprint density at radius 3 is 2.61 bits per heavy atom. The van der Waals surface area contributed by atoms with Gasteiger partial charge in [-0.1, -0.05) is 38.4 Å². The van der Waals surface area contributed by atoms with Gasteiger partial charge in [0, 0.05) is 55.3 Å². The number of hydrogen-bond donors (Lipinski definition) is 1. The predicted molar refractivity (Wildman–Crippen MR) is 178 cm³/mol. The molecular weight excluding hydrogens is 654 g/mol. The van der Waals surface area contributed by atoms with Gasteiger partial charge in [0.25, 0.3) is 11.8 Å². The van der Waals surface area contributed by atoms with Gasteiger partial charge in [0.15, 0.2) is 5.65 Å². The van der Waals surface area contributed by atoms with Crippen molar-refractivity contribution >= 4 is 34.2 Å². The van der Waals surface area contributed by atoms with Gasteiger partial charge >= 0.3 is 0 Å². The van der Waals surface area contributed by atoms with Gasteiger partial charge in [0.2, 0.25) is 6.10 Å². The maximum atomic E-state index is 13.6. The molecule has 3 unspecified atom stereocenters. The Hall–Kier alpha value is -4.25. The van der Waals surface area contributed by atoms with Crippen molar-refractivity contribution in [3.05, 3.63) is 58.9 Å². The molecule has 256 valence electrons. The maximum Gasteiger partial charge on any atom is 0.271 e. The van der Waals surface area contributed by atoms with E-state index < -0.39 is 24.5 Å². The summed E-state index contributed by atoms with van der Waals surface area (Å²) in [7, 11) is 0. The zero-order valence-corrected chi connectivity index (χ0v) is 28.2. The van der Waals surface area contributed by atoms with Gasteiger partial charge in [0.05, 0.1) is 47.4 Å². The first-order valence-corrected chi connectivity index (χ1v) is 17.0. The number of fused-ring (bicyclic) bond motifs is 2. The number of halogens is 3. The van der Waals surface area contributed by atoms with E-state index in [2.05, 4.69) is 41.7 Å². The van der Waals surface area contributed by atoms with Crippen molar-refractivity contribution in [1.29, 1.82) is 5.26 Å². The Morgan fingerprint density at radius 1 is 1.20 bits per heavy atom. The zero-order valence-electron chi connectivity index (χ0n) is 27.5. The van der Waals surface area contributed by atoms with Gasteiger partial charge in [-0.05, 0) is 42.4 Å². The minimum absolute atomic E-state index is 0.00126. The molecule has 2 aliphatic heterocycles. The number of rotatable bonds is 8. The molecule has 4 aromatic rings. The summed E-state index contributed by atoms with van der Waals surface area (Å²) in [6, 6.07) is 7.70. The molecule has 1 aromatic carbocycles. The number of carbonyl (C=O) groups is 1. The van der Waals surface area contributed by atoms with Crippen LogP contribution in [0.25, 0.3) is 22.2 Å². The van der Waals surface area contributed by atoms with E-state index in [1.807, 2.05) is 10.7 Å². The van der Waals surface area contributed by atoms with Crippen LogP contribution < -0.4 is 9.64 Å². The highest BCUT2D eigenvalue weighted by Gasteiger charge is 2.49. The standard InChI is InChI=1S/C35H37ClF2N8O3/c1-19(2)8-26-24(12-39)32(25-15-42-46(33(25)43-26)27-6-7-44(16-20(27)3)23-10-35(37,38)11-23)21-4-5-28-29(9-21)49-30(18-47)34(48)45(28)17-31-40-13-22(36)14-41-31/h4-5,9,13-15,19-20,23,27,30,47H,6-8,10-11,16-18H2,1-3H3. The molecule has 0 spiro atoms. The van der Waals surface area contributed by atoms with E-state index >= 15 is 0 Å². The molecule has 3 atom stereocenters. The van der Waals surface area contributed by atoms with Crippen LogP contribution >= 0.6 is 11.6 Å². The van der Waals surface area contributed by atoms with E-state index in [0.29, 0.717) is 75.2 Å². The third kappa shape index (κ3) is 6.22. The second kappa shape index (κ2) is 12.9. The summed E-state index contributed by atoms with van der Waals surface area (Å²) in [5.74, 6) is -1.91. The lowest BCUT2D eigenvalue weighted by molar-refractivity contribution is -0.131. The number of carbonyl (C=O) groups excluding carboxylic acids is 1. The largest absolute Gasteiger partial charge is 0.476 e. The van der Waals surface area contributed by atoms with Crippen LogP contribution in [0, 0.1) is 23.2 Å². The Morgan fingerprint density at radius 2 is 1.96 bits per heavy atom. The van der Waals surface area contributed by atoms with Crippen molar-refractivity contribution in [1.82, 2.24) is 29.6 Å². The number of ether oxygens (including phenoxy) is 1. The number of piperidine rings is 1. The van der Waals surface area contributed by atoms with Crippen LogP contribution in [0.2, 0.25) is 5.02 Å². The minimum Gasteiger partial charge on any atom is -0.476 e. The number of nitriles is 1. The number of aliphatic hydroxyl groups is 1. The highest BCUT2D eigenvalue weighted by atomic mass is 35.5. The van der Waals surface area contributed by atoms with E-state index in [-0.39, 0.29) is 43.3 Å². The number of alkyl halides is 2. The molecule has 1 N–H and O–H groups in total. The summed E-state index contributed by atoms with van der Waals surface area (Å²) in [5.41, 5.74) is 3.57. The fourth-order valence-corrected chi connectivity index (χ4v) is 7.47. The summed E-state index contributed by atoms with van der Waals surface area (Å²) in [5, 5.41) is 26.5. The number of benzene rings is 1. The summed E-state index contributed by atoms with van der Waals surface area (Å²) >= 11 is 5.96. The highest BCUT2D eigenvalue weighted by Crippen LogP contribution is 2.44. The lowest BCUT2D eigenvalue weighted by Crippen LogP contribution is -2.54. The average molecular weight is 691 g/mol. The molecule has 11 nitrogen and oxygen atoms in total. The molecule has 5 heterocycles. The third-order valence-corrected chi connectivity index (χ3v) is 10.0. The number of likely N-dealkylation sites (tertiary alicyclic amines) is 1. The molecule has 0 bridgehead atoms. The smallest absolute Gasteiger partial charge is 0.271 e. The first kappa shape index (κ1) is 33.3. The van der Waals surface area contributed by atoms with Crippen molar-refractivity contribution in [2.24, 2.45) is 11.8 Å². The topological polar surface area (TPSA) is 133 Å². The van der Waals surface area contributed by atoms with Crippen molar-refractivity contribution in [3.63, 3.8) is 0 Å². The first-order valence-electron chi connectivity index (χ1n) is 16.6. The molecule has 3 aliphatic rings. The second-order valence-corrected chi connectivity index (χ2v) is 14.2. The Labute approximate surface area is 287 Å². The van der Waals surface area contributed by atoms with E-state index in [0.717, 1.165) is 6.42 Å². The molecular formula is C35H37ClF2N8O3. The highest BCUT2D eigenvalue weighted by molar-refractivity contribution is 6.30. The van der Waals surface area contributed by atoms with Crippen molar-refractivity contribution in [3.8, 4) is 22.9 Å². The SMILES string of the molecule is CC(C)Cc1nc2c(cnn2C2CCN(C3CC(F)(F)C3)CC2C)c(-c2ccc3c(c2)OC(CO)C(=O)N3Cc2ncc(Cl)cn2)c1C#N. The van der Waals surface area contributed by atoms with Gasteiger partial charge in [-0.25, -0.2) is 28.4 Å². The number of pyridine rings is 1. The third-order valence-electron chi connectivity index (χ3n) is 9.81. The number of amides is 1. The van der Waals surface area contributed by atoms with Crippen LogP contribution in [0.3, 0.4) is 0 Å². The molecule has 0 radical (unpaired) electrons. The number of nitrogens with zero attached hydrogens (tertiary/aromatic N) is 8. The van der Waals surface area contributed by atoms with Gasteiger partial charge < -0.3 is 9.84 Å². The molecule has 7 rings (SSSR count).